The molecule has 2 heterocycles. The molecule has 0 spiro atoms. The number of amides is 1. The molecule has 0 bridgehead atoms. The number of hydrogen-bond donors (Lipinski definition) is 1. The maximum absolute atomic E-state index is 12.2. The maximum atomic E-state index is 12.2. The van der Waals surface area contributed by atoms with Crippen molar-refractivity contribution in [1.82, 2.24) is 14.8 Å². The molecule has 0 aliphatic heterocycles. The lowest BCUT2D eigenvalue weighted by atomic mass is 10.1. The summed E-state index contributed by atoms with van der Waals surface area (Å²) in [6.07, 6.45) is 2.80. The van der Waals surface area contributed by atoms with Crippen molar-refractivity contribution in [2.45, 2.75) is 26.8 Å². The lowest BCUT2D eigenvalue weighted by Crippen LogP contribution is -2.18. The average molecular weight is 393 g/mol. The maximum Gasteiger partial charge on any atom is 0.246 e. The number of aromatic nitrogens is 3. The van der Waals surface area contributed by atoms with Crippen LogP contribution in [0.2, 0.25) is 0 Å². The van der Waals surface area contributed by atoms with Crippen molar-refractivity contribution >= 4 is 49.2 Å². The molecular weight excluding hydrogens is 376 g/mol. The fourth-order valence-corrected chi connectivity index (χ4v) is 3.71. The number of nitrogens with one attached hydrogen (secondary N) is 1. The van der Waals surface area contributed by atoms with Gasteiger partial charge in [-0.3, -0.25) is 10.1 Å². The first-order chi connectivity index (χ1) is 11.0. The second-order valence-electron chi connectivity index (χ2n) is 5.79. The number of nitrogens with zero attached hydrogens (tertiary/aromatic N) is 3. The third kappa shape index (κ3) is 3.97. The van der Waals surface area contributed by atoms with Gasteiger partial charge in [0, 0.05) is 28.0 Å². The first-order valence-electron chi connectivity index (χ1n) is 7.38. The second-order valence-corrected chi connectivity index (χ2v) is 7.77. The number of carbonyl (C=O) groups excluding carboxylic acids is 1. The lowest BCUT2D eigenvalue weighted by Gasteiger charge is -2.05. The van der Waals surface area contributed by atoms with Crippen LogP contribution in [0, 0.1) is 5.92 Å². The van der Waals surface area contributed by atoms with Crippen LogP contribution in [0.25, 0.3) is 10.9 Å². The molecule has 0 saturated carbocycles. The van der Waals surface area contributed by atoms with Crippen molar-refractivity contribution in [3.05, 3.63) is 39.9 Å². The summed E-state index contributed by atoms with van der Waals surface area (Å²) < 4.78 is 2.95. The second kappa shape index (κ2) is 6.80. The molecule has 1 amide bonds. The van der Waals surface area contributed by atoms with Gasteiger partial charge in [0.2, 0.25) is 11.0 Å². The van der Waals surface area contributed by atoms with Gasteiger partial charge in [-0.25, -0.2) is 0 Å². The third-order valence-electron chi connectivity index (χ3n) is 3.34. The highest BCUT2D eigenvalue weighted by molar-refractivity contribution is 9.10. The Morgan fingerprint density at radius 1 is 1.35 bits per heavy atom. The highest BCUT2D eigenvalue weighted by Gasteiger charge is 2.11. The number of anilines is 1. The molecule has 0 saturated heterocycles. The largest absolute Gasteiger partial charge is 0.338 e. The molecule has 0 aliphatic rings. The summed E-state index contributed by atoms with van der Waals surface area (Å²) in [5.74, 6) is 0.426. The lowest BCUT2D eigenvalue weighted by molar-refractivity contribution is -0.116. The van der Waals surface area contributed by atoms with Gasteiger partial charge < -0.3 is 4.57 Å². The Balaban J connectivity index is 1.67. The number of halogens is 1. The van der Waals surface area contributed by atoms with Crippen molar-refractivity contribution in [3.63, 3.8) is 0 Å². The van der Waals surface area contributed by atoms with Crippen LogP contribution in [-0.4, -0.2) is 20.7 Å². The summed E-state index contributed by atoms with van der Waals surface area (Å²) in [6, 6.07) is 8.00. The van der Waals surface area contributed by atoms with Crippen LogP contribution in [-0.2, 0) is 17.8 Å². The Kier molecular flexibility index (Phi) is 4.77. The molecule has 5 nitrogen and oxygen atoms in total. The summed E-state index contributed by atoms with van der Waals surface area (Å²) in [5.41, 5.74) is 1.03. The zero-order valence-electron chi connectivity index (χ0n) is 12.9. The van der Waals surface area contributed by atoms with Gasteiger partial charge in [0.15, 0.2) is 0 Å². The third-order valence-corrected chi connectivity index (χ3v) is 4.70. The standard InChI is InChI=1S/C16H17BrN4OS/c1-10(2)7-15-19-20-16(23-15)18-14(22)9-21-6-5-11-8-12(17)3-4-13(11)21/h3-6,8,10H,7,9H2,1-2H3,(H,18,20,22). The van der Waals surface area contributed by atoms with Crippen LogP contribution in [0.4, 0.5) is 5.13 Å². The molecule has 0 fully saturated rings. The molecule has 0 aliphatic carbocycles. The molecule has 3 aromatic rings. The summed E-state index contributed by atoms with van der Waals surface area (Å²) in [4.78, 5) is 12.2. The van der Waals surface area contributed by atoms with Gasteiger partial charge in [-0.15, -0.1) is 10.2 Å². The zero-order chi connectivity index (χ0) is 16.4. The zero-order valence-corrected chi connectivity index (χ0v) is 15.3. The normalized spacial score (nSPS) is 11.3. The van der Waals surface area contributed by atoms with E-state index in [-0.39, 0.29) is 12.5 Å². The SMILES string of the molecule is CC(C)Cc1nnc(NC(=O)Cn2ccc3cc(Br)ccc32)s1. The van der Waals surface area contributed by atoms with Gasteiger partial charge in [-0.05, 0) is 30.2 Å². The van der Waals surface area contributed by atoms with Gasteiger partial charge in [0.1, 0.15) is 11.6 Å². The number of carbonyl (C=O) groups is 1. The molecule has 120 valence electrons. The van der Waals surface area contributed by atoms with Gasteiger partial charge >= 0.3 is 0 Å². The average Bonchev–Trinajstić information content (AvgIpc) is 3.05. The Hall–Kier alpha value is -1.73. The number of benzene rings is 1. The smallest absolute Gasteiger partial charge is 0.246 e. The molecule has 2 aromatic heterocycles. The molecule has 7 heteroatoms. The van der Waals surface area contributed by atoms with Gasteiger partial charge in [-0.2, -0.15) is 0 Å². The van der Waals surface area contributed by atoms with Gasteiger partial charge in [0.05, 0.1) is 0 Å². The van der Waals surface area contributed by atoms with Crippen molar-refractivity contribution < 1.29 is 4.79 Å². The first-order valence-corrected chi connectivity index (χ1v) is 8.99. The first kappa shape index (κ1) is 16.1. The van der Waals surface area contributed by atoms with Gasteiger partial charge in [-0.1, -0.05) is 41.1 Å². The number of hydrogen-bond acceptors (Lipinski definition) is 4. The van der Waals surface area contributed by atoms with E-state index >= 15 is 0 Å². The molecule has 23 heavy (non-hydrogen) atoms. The predicted molar refractivity (Wildman–Crippen MR) is 96.7 cm³/mol. The van der Waals surface area contributed by atoms with E-state index in [1.165, 1.54) is 11.3 Å². The Morgan fingerprint density at radius 2 is 2.17 bits per heavy atom. The van der Waals surface area contributed by atoms with Gasteiger partial charge in [0.25, 0.3) is 0 Å². The molecule has 0 atom stereocenters. The van der Waals surface area contributed by atoms with Crippen molar-refractivity contribution in [3.8, 4) is 0 Å². The molecule has 3 rings (SSSR count). The van der Waals surface area contributed by atoms with Crippen LogP contribution in [0.3, 0.4) is 0 Å². The van der Waals surface area contributed by atoms with Crippen molar-refractivity contribution in [2.24, 2.45) is 5.92 Å². The summed E-state index contributed by atoms with van der Waals surface area (Å²) in [7, 11) is 0. The summed E-state index contributed by atoms with van der Waals surface area (Å²) in [6.45, 7) is 4.52. The van der Waals surface area contributed by atoms with E-state index in [0.29, 0.717) is 11.0 Å². The van der Waals surface area contributed by atoms with E-state index in [4.69, 9.17) is 0 Å². The van der Waals surface area contributed by atoms with Crippen molar-refractivity contribution in [1.29, 1.82) is 0 Å². The highest BCUT2D eigenvalue weighted by Crippen LogP contribution is 2.21. The van der Waals surface area contributed by atoms with Crippen LogP contribution in [0.5, 0.6) is 0 Å². The predicted octanol–water partition coefficient (Wildman–Crippen LogP) is 4.09. The Labute approximate surface area is 146 Å². The van der Waals surface area contributed by atoms with E-state index < -0.39 is 0 Å². The highest BCUT2D eigenvalue weighted by atomic mass is 79.9. The van der Waals surface area contributed by atoms with Crippen molar-refractivity contribution in [2.75, 3.05) is 5.32 Å². The minimum atomic E-state index is -0.0994. The molecule has 0 unspecified atom stereocenters. The minimum Gasteiger partial charge on any atom is -0.338 e. The van der Waals surface area contributed by atoms with E-state index in [0.717, 1.165) is 26.8 Å². The van der Waals surface area contributed by atoms with E-state index in [2.05, 4.69) is 45.3 Å². The van der Waals surface area contributed by atoms with Crippen LogP contribution in [0.1, 0.15) is 18.9 Å². The van der Waals surface area contributed by atoms with E-state index in [9.17, 15) is 4.79 Å². The molecule has 0 radical (unpaired) electrons. The molecule has 1 N–H and O–H groups in total. The number of rotatable bonds is 5. The Bertz CT molecular complexity index is 840. The molecule has 1 aromatic carbocycles. The molecular formula is C16H17BrN4OS. The topological polar surface area (TPSA) is 59.8 Å². The number of fused-ring (bicyclic) bond motifs is 1. The monoisotopic (exact) mass is 392 g/mol. The summed E-state index contributed by atoms with van der Waals surface area (Å²) >= 11 is 4.89. The van der Waals surface area contributed by atoms with E-state index in [1.807, 2.05) is 35.0 Å². The Morgan fingerprint density at radius 3 is 2.96 bits per heavy atom. The van der Waals surface area contributed by atoms with Crippen LogP contribution in [0.15, 0.2) is 34.9 Å². The van der Waals surface area contributed by atoms with Crippen LogP contribution < -0.4 is 5.32 Å². The minimum absolute atomic E-state index is 0.0994. The van der Waals surface area contributed by atoms with Crippen LogP contribution >= 0.6 is 27.3 Å². The quantitative estimate of drug-likeness (QED) is 0.710. The summed E-state index contributed by atoms with van der Waals surface area (Å²) in [5, 5.41) is 13.6. The fraction of sp³-hybridized carbons (Fsp3) is 0.312. The fourth-order valence-electron chi connectivity index (χ4n) is 2.36. The van der Waals surface area contributed by atoms with E-state index in [1.54, 1.807) is 0 Å².